The zero-order chi connectivity index (χ0) is 46.8. The molecular weight excluding hydrogens is 829 g/mol. The van der Waals surface area contributed by atoms with Gasteiger partial charge in [-0.25, -0.2) is 0 Å². The predicted octanol–water partition coefficient (Wildman–Crippen LogP) is -4.65. The number of aliphatic hydroxyl groups is 1. The van der Waals surface area contributed by atoms with Crippen LogP contribution in [0.1, 0.15) is 85.0 Å². The van der Waals surface area contributed by atoms with Crippen LogP contribution in [0, 0.1) is 5.41 Å². The van der Waals surface area contributed by atoms with E-state index >= 15 is 0 Å². The molecule has 8 amide bonds. The lowest BCUT2D eigenvalue weighted by Gasteiger charge is -2.29. The van der Waals surface area contributed by atoms with Crippen LogP contribution in [-0.4, -0.2) is 185 Å². The highest BCUT2D eigenvalue weighted by Crippen LogP contribution is 2.22. The minimum Gasteiger partial charge on any atom is -0.481 e. The summed E-state index contributed by atoms with van der Waals surface area (Å²) in [5.41, 5.74) is 5.36. The number of carboxylic acids is 1. The number of ketones is 1. The van der Waals surface area contributed by atoms with Crippen LogP contribution in [0.3, 0.4) is 0 Å². The summed E-state index contributed by atoms with van der Waals surface area (Å²) in [4.78, 5) is 133. The number of rotatable bonds is 24. The third-order valence-corrected chi connectivity index (χ3v) is 11.0. The van der Waals surface area contributed by atoms with Crippen molar-refractivity contribution in [2.24, 2.45) is 5.73 Å². The van der Waals surface area contributed by atoms with Crippen molar-refractivity contribution in [2.75, 3.05) is 52.4 Å². The summed E-state index contributed by atoms with van der Waals surface area (Å²) in [5.74, 6) is -7.26. The Hall–Kier alpha value is -5.91. The van der Waals surface area contributed by atoms with Gasteiger partial charge in [0.2, 0.25) is 47.3 Å². The van der Waals surface area contributed by atoms with Crippen LogP contribution in [0.4, 0.5) is 0 Å². The number of carboxylic acid groups (broad SMARTS) is 1. The molecular formula is C39H64N12O12. The van der Waals surface area contributed by atoms with Gasteiger partial charge in [0, 0.05) is 39.0 Å². The van der Waals surface area contributed by atoms with Crippen LogP contribution in [0.15, 0.2) is 0 Å². The van der Waals surface area contributed by atoms with E-state index in [1.54, 1.807) is 6.92 Å². The normalized spacial score (nSPS) is 20.8. The molecule has 352 valence electrons. The largest absolute Gasteiger partial charge is 0.481 e. The van der Waals surface area contributed by atoms with Gasteiger partial charge in [-0.15, -0.1) is 0 Å². The van der Waals surface area contributed by atoms with E-state index in [0.717, 1.165) is 11.3 Å². The topological polar surface area (TPSA) is 355 Å². The molecule has 3 rings (SSSR count). The first-order valence-electron chi connectivity index (χ1n) is 21.4. The van der Waals surface area contributed by atoms with Crippen molar-refractivity contribution < 1.29 is 58.2 Å². The van der Waals surface area contributed by atoms with Gasteiger partial charge < -0.3 is 67.9 Å². The number of carbonyl (C=O) groups excluding carboxylic acids is 9. The van der Waals surface area contributed by atoms with Crippen molar-refractivity contribution in [2.45, 2.75) is 127 Å². The Morgan fingerprint density at radius 1 is 0.746 bits per heavy atom. The highest BCUT2D eigenvalue weighted by atomic mass is 16.4. The molecule has 0 radical (unpaired) electrons. The molecule has 12 N–H and O–H groups in total. The van der Waals surface area contributed by atoms with Crippen molar-refractivity contribution in [3.63, 3.8) is 0 Å². The van der Waals surface area contributed by atoms with Crippen molar-refractivity contribution in [3.05, 3.63) is 0 Å². The van der Waals surface area contributed by atoms with Gasteiger partial charge in [0.05, 0.1) is 37.8 Å². The number of likely N-dealkylation sites (tertiary alicyclic amines) is 3. The van der Waals surface area contributed by atoms with Crippen LogP contribution in [0.2, 0.25) is 0 Å². The smallest absolute Gasteiger partial charge is 0.303 e. The van der Waals surface area contributed by atoms with Gasteiger partial charge in [-0.1, -0.05) is 6.92 Å². The van der Waals surface area contributed by atoms with Crippen LogP contribution < -0.4 is 43.0 Å². The van der Waals surface area contributed by atoms with Gasteiger partial charge in [-0.05, 0) is 71.8 Å². The number of hydrogen-bond donors (Lipinski definition) is 11. The van der Waals surface area contributed by atoms with E-state index in [-0.39, 0.29) is 69.5 Å². The fourth-order valence-electron chi connectivity index (χ4n) is 7.71. The van der Waals surface area contributed by atoms with Crippen molar-refractivity contribution in [1.29, 1.82) is 5.41 Å². The Balaban J connectivity index is 1.65. The summed E-state index contributed by atoms with van der Waals surface area (Å²) >= 11 is 0. The minimum absolute atomic E-state index is 0.000242. The number of carbonyl (C=O) groups is 10. The number of nitrogens with one attached hydrogen (secondary N) is 8. The molecule has 0 saturated carbocycles. The standard InChI is InChI=1S/C39H64N12O12/c1-4-13-42-22(2)34(59)45-19-32(56)50-16-7-10-28(50)37(62)48-25(8-5-14-43-39(40)41)35(60)44-18-30(54)47-26(11-12-33(57)58)38(63)51-21-24(53)17-29(51)36(61)46-20-31(55)49-15-6-9-27(49)23(3)52/h22,24-29,42,53H,4-21H2,1-3H3,(H,44,60)(H,45,59)(H,46,61)(H,47,54)(H,48,62)(H,57,58)(H4,40,41,43). The van der Waals surface area contributed by atoms with Gasteiger partial charge in [0.15, 0.2) is 11.7 Å². The maximum absolute atomic E-state index is 13.8. The van der Waals surface area contributed by atoms with E-state index in [9.17, 15) is 58.2 Å². The number of aliphatic carboxylic acids is 1. The molecule has 0 aromatic heterocycles. The minimum atomic E-state index is -1.52. The van der Waals surface area contributed by atoms with Gasteiger partial charge in [0.25, 0.3) is 0 Å². The molecule has 24 nitrogen and oxygen atoms in total. The van der Waals surface area contributed by atoms with E-state index in [2.05, 4.69) is 37.2 Å². The van der Waals surface area contributed by atoms with E-state index in [0.29, 0.717) is 32.4 Å². The monoisotopic (exact) mass is 892 g/mol. The Kier molecular flexibility index (Phi) is 20.6. The molecule has 0 aliphatic carbocycles. The fourth-order valence-corrected chi connectivity index (χ4v) is 7.71. The summed E-state index contributed by atoms with van der Waals surface area (Å²) in [6.07, 6.45) is 0.537. The summed E-state index contributed by atoms with van der Waals surface area (Å²) in [6.45, 7) is 4.43. The highest BCUT2D eigenvalue weighted by Gasteiger charge is 2.42. The second kappa shape index (κ2) is 25.3. The zero-order valence-electron chi connectivity index (χ0n) is 36.2. The maximum Gasteiger partial charge on any atom is 0.303 e. The molecule has 3 aliphatic rings. The number of guanidine groups is 1. The number of aliphatic hydroxyl groups excluding tert-OH is 1. The first-order valence-corrected chi connectivity index (χ1v) is 21.4. The Morgan fingerprint density at radius 3 is 1.98 bits per heavy atom. The summed E-state index contributed by atoms with van der Waals surface area (Å²) in [6, 6.07) is -6.15. The molecule has 0 spiro atoms. The first-order chi connectivity index (χ1) is 29.8. The quantitative estimate of drug-likeness (QED) is 0.0247. The molecule has 63 heavy (non-hydrogen) atoms. The zero-order valence-corrected chi connectivity index (χ0v) is 36.2. The van der Waals surface area contributed by atoms with Crippen molar-refractivity contribution >= 4 is 65.0 Å². The molecule has 24 heteroatoms. The third kappa shape index (κ3) is 16.1. The number of hydrogen-bond acceptors (Lipinski definition) is 13. The van der Waals surface area contributed by atoms with Gasteiger partial charge in [-0.3, -0.25) is 53.4 Å². The molecule has 0 bridgehead atoms. The molecule has 3 heterocycles. The van der Waals surface area contributed by atoms with Crippen LogP contribution in [-0.2, 0) is 47.9 Å². The molecule has 3 saturated heterocycles. The van der Waals surface area contributed by atoms with Crippen LogP contribution >= 0.6 is 0 Å². The lowest BCUT2D eigenvalue weighted by atomic mass is 10.1. The highest BCUT2D eigenvalue weighted by molar-refractivity contribution is 5.97. The van der Waals surface area contributed by atoms with Crippen molar-refractivity contribution in [3.8, 4) is 0 Å². The first kappa shape index (κ1) is 51.4. The van der Waals surface area contributed by atoms with E-state index in [1.165, 1.54) is 16.7 Å². The van der Waals surface area contributed by atoms with Crippen molar-refractivity contribution in [1.82, 2.24) is 51.9 Å². The molecule has 3 fully saturated rings. The van der Waals surface area contributed by atoms with Crippen LogP contribution in [0.5, 0.6) is 0 Å². The lowest BCUT2D eigenvalue weighted by Crippen LogP contribution is -2.57. The van der Waals surface area contributed by atoms with Crippen LogP contribution in [0.25, 0.3) is 0 Å². The average molecular weight is 893 g/mol. The molecule has 0 aromatic rings. The maximum atomic E-state index is 13.8. The Labute approximate surface area is 365 Å². The molecule has 3 aliphatic heterocycles. The van der Waals surface area contributed by atoms with E-state index in [4.69, 9.17) is 11.1 Å². The van der Waals surface area contributed by atoms with Gasteiger partial charge >= 0.3 is 5.97 Å². The number of Topliss-reactive ketones (excluding diaryl/α,β-unsaturated/α-hetero) is 1. The van der Waals surface area contributed by atoms with E-state index in [1.807, 2.05) is 6.92 Å². The van der Waals surface area contributed by atoms with Gasteiger partial charge in [0.1, 0.15) is 24.2 Å². The lowest BCUT2D eigenvalue weighted by molar-refractivity contribution is -0.143. The Morgan fingerprint density at radius 2 is 1.37 bits per heavy atom. The van der Waals surface area contributed by atoms with Gasteiger partial charge in [-0.2, -0.15) is 0 Å². The summed E-state index contributed by atoms with van der Waals surface area (Å²) < 4.78 is 0. The average Bonchev–Trinajstić information content (AvgIpc) is 4.03. The number of nitrogens with two attached hydrogens (primary N) is 1. The number of β-amino-alcohol motifs (C(OH)–C–C–N with tert-alkyl or cyclic N) is 1. The number of amides is 8. The number of nitrogens with zero attached hydrogens (tertiary/aromatic N) is 3. The Bertz CT molecular complexity index is 1710. The third-order valence-electron chi connectivity index (χ3n) is 11.0. The fraction of sp³-hybridized carbons (Fsp3) is 0.718. The molecule has 7 atom stereocenters. The second-order valence-electron chi connectivity index (χ2n) is 15.9. The second-order valence-corrected chi connectivity index (χ2v) is 15.9. The van der Waals surface area contributed by atoms with E-state index < -0.39 is 116 Å². The summed E-state index contributed by atoms with van der Waals surface area (Å²) in [5, 5.41) is 45.3. The SMILES string of the molecule is CCCNC(C)C(=O)NCC(=O)N1CCCC1C(=O)NC(CCCNC(=N)N)C(=O)NCC(=O)NC(CCC(=O)O)C(=O)N1CC(O)CC1C(=O)NCC(=O)N1CCCC1C(C)=O. The predicted molar refractivity (Wildman–Crippen MR) is 223 cm³/mol. The molecule has 0 aromatic carbocycles. The summed E-state index contributed by atoms with van der Waals surface area (Å²) in [7, 11) is 0. The molecule has 7 unspecified atom stereocenters.